The van der Waals surface area contributed by atoms with Crippen molar-refractivity contribution in [2.75, 3.05) is 32.8 Å². The van der Waals surface area contributed by atoms with Gasteiger partial charge in [-0.15, -0.1) is 0 Å². The number of hydrogen-bond donors (Lipinski definition) is 2. The van der Waals surface area contributed by atoms with E-state index in [1.165, 1.54) is 22.3 Å². The summed E-state index contributed by atoms with van der Waals surface area (Å²) in [6.07, 6.45) is 2.16. The number of ether oxygens (including phenoxy) is 2. The number of aliphatic carboxylic acids is 1. The van der Waals surface area contributed by atoms with Crippen molar-refractivity contribution in [1.82, 2.24) is 10.2 Å². The topological polar surface area (TPSA) is 105 Å². The van der Waals surface area contributed by atoms with E-state index in [1.807, 2.05) is 24.3 Å². The lowest BCUT2D eigenvalue weighted by molar-refractivity contribution is -0.154. The van der Waals surface area contributed by atoms with Gasteiger partial charge in [-0.1, -0.05) is 55.0 Å². The highest BCUT2D eigenvalue weighted by Gasteiger charge is 2.31. The molecule has 1 heterocycles. The summed E-state index contributed by atoms with van der Waals surface area (Å²) in [4.78, 5) is 36.4. The van der Waals surface area contributed by atoms with Gasteiger partial charge in [0, 0.05) is 32.0 Å². The first-order valence-corrected chi connectivity index (χ1v) is 11.7. The van der Waals surface area contributed by atoms with Gasteiger partial charge in [-0.2, -0.15) is 0 Å². The molecule has 1 saturated heterocycles. The van der Waals surface area contributed by atoms with Crippen molar-refractivity contribution >= 4 is 18.0 Å². The molecular formula is C26H30N2O6. The van der Waals surface area contributed by atoms with Crippen LogP contribution in [0.3, 0.4) is 0 Å². The number of nitrogens with one attached hydrogen (secondary N) is 1. The largest absolute Gasteiger partial charge is 0.480 e. The molecular weight excluding hydrogens is 436 g/mol. The summed E-state index contributed by atoms with van der Waals surface area (Å²) in [7, 11) is 0. The van der Waals surface area contributed by atoms with Crippen molar-refractivity contribution in [2.45, 2.75) is 37.7 Å². The number of carbonyl (C=O) groups is 3. The molecule has 180 valence electrons. The minimum atomic E-state index is -1.00. The van der Waals surface area contributed by atoms with Gasteiger partial charge in [0.1, 0.15) is 13.2 Å². The predicted molar refractivity (Wildman–Crippen MR) is 125 cm³/mol. The Morgan fingerprint density at radius 1 is 0.941 bits per heavy atom. The van der Waals surface area contributed by atoms with Gasteiger partial charge in [-0.05, 0) is 35.1 Å². The number of rotatable bonds is 11. The standard InChI is InChI=1S/C26H30N2O6/c29-24(28-14-18(15-28)33-17-25(30)31)12-2-1-7-13-27-26(32)34-16-23-21-10-5-3-8-19(21)20-9-4-6-11-22(20)23/h3-6,8-11,18,23H,1-2,7,12-17H2,(H,27,32)(H,30,31). The highest BCUT2D eigenvalue weighted by Crippen LogP contribution is 2.44. The van der Waals surface area contributed by atoms with E-state index < -0.39 is 12.1 Å². The molecule has 0 atom stereocenters. The van der Waals surface area contributed by atoms with Gasteiger partial charge in [0.25, 0.3) is 0 Å². The number of carboxylic acids is 1. The van der Waals surface area contributed by atoms with E-state index in [9.17, 15) is 14.4 Å². The van der Waals surface area contributed by atoms with Gasteiger partial charge in [0.2, 0.25) is 5.91 Å². The molecule has 2 amide bonds. The van der Waals surface area contributed by atoms with Crippen LogP contribution in [0.1, 0.15) is 42.7 Å². The van der Waals surface area contributed by atoms with Crippen molar-refractivity contribution < 1.29 is 29.0 Å². The molecule has 34 heavy (non-hydrogen) atoms. The number of carbonyl (C=O) groups excluding carboxylic acids is 2. The highest BCUT2D eigenvalue weighted by atomic mass is 16.5. The van der Waals surface area contributed by atoms with Crippen molar-refractivity contribution in [3.63, 3.8) is 0 Å². The maximum atomic E-state index is 12.2. The zero-order valence-corrected chi connectivity index (χ0v) is 19.1. The summed E-state index contributed by atoms with van der Waals surface area (Å²) >= 11 is 0. The summed E-state index contributed by atoms with van der Waals surface area (Å²) in [6, 6.07) is 16.5. The van der Waals surface area contributed by atoms with Crippen LogP contribution in [0.15, 0.2) is 48.5 Å². The number of hydrogen-bond acceptors (Lipinski definition) is 5. The number of benzene rings is 2. The molecule has 0 bridgehead atoms. The van der Waals surface area contributed by atoms with Crippen molar-refractivity contribution in [3.8, 4) is 11.1 Å². The van der Waals surface area contributed by atoms with E-state index in [4.69, 9.17) is 14.6 Å². The maximum Gasteiger partial charge on any atom is 0.407 e. The number of amides is 2. The number of nitrogens with zero attached hydrogens (tertiary/aromatic N) is 1. The first-order chi connectivity index (χ1) is 16.5. The van der Waals surface area contributed by atoms with Crippen LogP contribution in [0.25, 0.3) is 11.1 Å². The van der Waals surface area contributed by atoms with Crippen molar-refractivity contribution in [2.24, 2.45) is 0 Å². The normalized spacial score (nSPS) is 14.8. The molecule has 2 aliphatic rings. The Hall–Kier alpha value is -3.39. The lowest BCUT2D eigenvalue weighted by Crippen LogP contribution is -2.55. The fraction of sp³-hybridized carbons (Fsp3) is 0.423. The molecule has 1 aliphatic heterocycles. The van der Waals surface area contributed by atoms with Crippen LogP contribution in [-0.2, 0) is 19.1 Å². The highest BCUT2D eigenvalue weighted by molar-refractivity contribution is 5.79. The van der Waals surface area contributed by atoms with Crippen LogP contribution < -0.4 is 5.32 Å². The van der Waals surface area contributed by atoms with E-state index in [1.54, 1.807) is 4.90 Å². The molecule has 0 unspecified atom stereocenters. The van der Waals surface area contributed by atoms with Gasteiger partial charge in [-0.3, -0.25) is 4.79 Å². The Kier molecular flexibility index (Phi) is 7.80. The summed E-state index contributed by atoms with van der Waals surface area (Å²) in [6.45, 7) is 1.37. The number of alkyl carbamates (subject to hydrolysis) is 1. The van der Waals surface area contributed by atoms with Gasteiger partial charge in [0.15, 0.2) is 0 Å². The molecule has 0 radical (unpaired) electrons. The van der Waals surface area contributed by atoms with Crippen LogP contribution >= 0.6 is 0 Å². The van der Waals surface area contributed by atoms with Gasteiger partial charge in [-0.25, -0.2) is 9.59 Å². The lowest BCUT2D eigenvalue weighted by Gasteiger charge is -2.38. The third kappa shape index (κ3) is 5.75. The second-order valence-corrected chi connectivity index (χ2v) is 8.69. The average molecular weight is 467 g/mol. The zero-order chi connectivity index (χ0) is 23.9. The minimum absolute atomic E-state index is 0.0415. The smallest absolute Gasteiger partial charge is 0.407 e. The summed E-state index contributed by atoms with van der Waals surface area (Å²) < 4.78 is 10.7. The van der Waals surface area contributed by atoms with E-state index in [2.05, 4.69) is 29.6 Å². The summed E-state index contributed by atoms with van der Waals surface area (Å²) in [5.74, 6) is -0.907. The first kappa shape index (κ1) is 23.8. The van der Waals surface area contributed by atoms with Crippen LogP contribution in [0.4, 0.5) is 4.79 Å². The average Bonchev–Trinajstić information content (AvgIpc) is 3.12. The molecule has 1 fully saturated rings. The third-order valence-corrected chi connectivity index (χ3v) is 6.32. The lowest BCUT2D eigenvalue weighted by atomic mass is 9.98. The number of likely N-dealkylation sites (tertiary alicyclic amines) is 1. The molecule has 0 aromatic heterocycles. The van der Waals surface area contributed by atoms with Crippen molar-refractivity contribution in [1.29, 1.82) is 0 Å². The molecule has 0 spiro atoms. The van der Waals surface area contributed by atoms with E-state index >= 15 is 0 Å². The Bertz CT molecular complexity index is 988. The van der Waals surface area contributed by atoms with E-state index in [0.717, 1.165) is 19.3 Å². The van der Waals surface area contributed by atoms with Crippen LogP contribution in [-0.4, -0.2) is 66.9 Å². The van der Waals surface area contributed by atoms with E-state index in [0.29, 0.717) is 32.7 Å². The fourth-order valence-electron chi connectivity index (χ4n) is 4.51. The summed E-state index contributed by atoms with van der Waals surface area (Å²) in [5.41, 5.74) is 4.76. The molecule has 2 aromatic rings. The molecule has 2 N–H and O–H groups in total. The molecule has 1 aliphatic carbocycles. The Morgan fingerprint density at radius 3 is 2.24 bits per heavy atom. The minimum Gasteiger partial charge on any atom is -0.480 e. The number of unbranched alkanes of at least 4 members (excludes halogenated alkanes) is 2. The second kappa shape index (κ2) is 11.2. The quantitative estimate of drug-likeness (QED) is 0.492. The fourth-order valence-corrected chi connectivity index (χ4v) is 4.51. The predicted octanol–water partition coefficient (Wildman–Crippen LogP) is 3.40. The van der Waals surface area contributed by atoms with E-state index in [-0.39, 0.29) is 24.5 Å². The van der Waals surface area contributed by atoms with Crippen molar-refractivity contribution in [3.05, 3.63) is 59.7 Å². The van der Waals surface area contributed by atoms with Gasteiger partial charge in [0.05, 0.1) is 6.10 Å². The molecule has 8 nitrogen and oxygen atoms in total. The number of carboxylic acid groups (broad SMARTS) is 1. The van der Waals surface area contributed by atoms with Gasteiger partial charge >= 0.3 is 12.1 Å². The second-order valence-electron chi connectivity index (χ2n) is 8.69. The van der Waals surface area contributed by atoms with Crippen LogP contribution in [0.2, 0.25) is 0 Å². The SMILES string of the molecule is O=C(O)COC1CN(C(=O)CCCCCNC(=O)OCC2c3ccccc3-c3ccccc32)C1. The van der Waals surface area contributed by atoms with Gasteiger partial charge < -0.3 is 24.8 Å². The maximum absolute atomic E-state index is 12.2. The zero-order valence-electron chi connectivity index (χ0n) is 19.1. The third-order valence-electron chi connectivity index (χ3n) is 6.32. The van der Waals surface area contributed by atoms with Crippen LogP contribution in [0, 0.1) is 0 Å². The Morgan fingerprint density at radius 2 is 1.59 bits per heavy atom. The molecule has 0 saturated carbocycles. The summed E-state index contributed by atoms with van der Waals surface area (Å²) in [5, 5.41) is 11.4. The molecule has 2 aromatic carbocycles. The molecule has 8 heteroatoms. The molecule has 4 rings (SSSR count). The monoisotopic (exact) mass is 466 g/mol. The van der Waals surface area contributed by atoms with Crippen LogP contribution in [0.5, 0.6) is 0 Å². The number of fused-ring (bicyclic) bond motifs is 3. The Labute approximate surface area is 198 Å². The first-order valence-electron chi connectivity index (χ1n) is 11.7. The Balaban J connectivity index is 1.09.